The molecular formula is C21H14Cl2I2N2O2. The van der Waals surface area contributed by atoms with Crippen LogP contribution in [0.1, 0.15) is 28.0 Å². The fraction of sp³-hybridized carbons (Fsp3) is 0.143. The van der Waals surface area contributed by atoms with Gasteiger partial charge in [-0.15, -0.1) is 0 Å². The second kappa shape index (κ2) is 9.69. The second-order valence-electron chi connectivity index (χ2n) is 6.17. The first-order chi connectivity index (χ1) is 13.8. The van der Waals surface area contributed by atoms with Gasteiger partial charge in [0, 0.05) is 27.4 Å². The molecule has 0 aliphatic carbocycles. The minimum Gasteiger partial charge on any atom is -0.487 e. The predicted molar refractivity (Wildman–Crippen MR) is 133 cm³/mol. The number of aliphatic imine (C=N–C) groups is 1. The van der Waals surface area contributed by atoms with Crippen LogP contribution < -0.4 is 4.74 Å². The molecule has 0 bridgehead atoms. The second-order valence-corrected chi connectivity index (χ2v) is 9.34. The highest BCUT2D eigenvalue weighted by Crippen LogP contribution is 2.31. The summed E-state index contributed by atoms with van der Waals surface area (Å²) in [5, 5.41) is 10.5. The fourth-order valence-electron chi connectivity index (χ4n) is 2.55. The normalized spacial score (nSPS) is 11.1. The molecule has 0 spiro atoms. The van der Waals surface area contributed by atoms with E-state index in [1.165, 1.54) is 0 Å². The average molecular weight is 651 g/mol. The third kappa shape index (κ3) is 5.26. The highest BCUT2D eigenvalue weighted by atomic mass is 127. The first-order valence-corrected chi connectivity index (χ1v) is 11.3. The van der Waals surface area contributed by atoms with Crippen molar-refractivity contribution in [2.24, 2.45) is 4.99 Å². The maximum atomic E-state index is 9.30. The molecule has 29 heavy (non-hydrogen) atoms. The lowest BCUT2D eigenvalue weighted by Crippen LogP contribution is -2.00. The fourth-order valence-corrected chi connectivity index (χ4v) is 5.14. The van der Waals surface area contributed by atoms with E-state index in [1.807, 2.05) is 32.0 Å². The highest BCUT2D eigenvalue weighted by molar-refractivity contribution is 14.1. The van der Waals surface area contributed by atoms with Crippen LogP contribution in [0.15, 0.2) is 39.7 Å². The van der Waals surface area contributed by atoms with Crippen LogP contribution in [0.25, 0.3) is 0 Å². The van der Waals surface area contributed by atoms with Crippen molar-refractivity contribution in [3.63, 3.8) is 0 Å². The number of furan rings is 1. The van der Waals surface area contributed by atoms with Crippen LogP contribution in [-0.4, -0.2) is 6.21 Å². The van der Waals surface area contributed by atoms with E-state index in [0.29, 0.717) is 33.9 Å². The largest absolute Gasteiger partial charge is 0.487 e. The molecule has 0 N–H and O–H groups in total. The molecule has 0 atom stereocenters. The quantitative estimate of drug-likeness (QED) is 0.211. The smallest absolute Gasteiger partial charge is 0.237 e. The van der Waals surface area contributed by atoms with Crippen molar-refractivity contribution >= 4 is 80.5 Å². The van der Waals surface area contributed by atoms with E-state index in [2.05, 4.69) is 56.2 Å². The molecule has 8 heteroatoms. The van der Waals surface area contributed by atoms with E-state index >= 15 is 0 Å². The van der Waals surface area contributed by atoms with E-state index in [9.17, 15) is 5.26 Å². The molecule has 3 rings (SSSR count). The van der Waals surface area contributed by atoms with Crippen molar-refractivity contribution in [3.8, 4) is 11.8 Å². The number of rotatable bonds is 5. The minimum atomic E-state index is 0.324. The lowest BCUT2D eigenvalue weighted by molar-refractivity contribution is 0.302. The number of halogens is 4. The van der Waals surface area contributed by atoms with E-state index in [-0.39, 0.29) is 0 Å². The zero-order valence-corrected chi connectivity index (χ0v) is 21.2. The Morgan fingerprint density at radius 3 is 2.48 bits per heavy atom. The third-order valence-corrected chi connectivity index (χ3v) is 6.41. The van der Waals surface area contributed by atoms with Gasteiger partial charge in [0.25, 0.3) is 0 Å². The number of hydrogen-bond acceptors (Lipinski definition) is 4. The summed E-state index contributed by atoms with van der Waals surface area (Å²) in [5.74, 6) is 1.80. The molecule has 1 aromatic heterocycles. The minimum absolute atomic E-state index is 0.324. The lowest BCUT2D eigenvalue weighted by atomic mass is 10.2. The van der Waals surface area contributed by atoms with Gasteiger partial charge >= 0.3 is 0 Å². The van der Waals surface area contributed by atoms with Crippen LogP contribution in [0.3, 0.4) is 0 Å². The first kappa shape index (κ1) is 22.4. The molecule has 0 saturated heterocycles. The summed E-state index contributed by atoms with van der Waals surface area (Å²) >= 11 is 16.6. The summed E-state index contributed by atoms with van der Waals surface area (Å²) in [6.07, 6.45) is 1.68. The number of aryl methyl sites for hydroxylation is 1. The Morgan fingerprint density at radius 1 is 1.17 bits per heavy atom. The monoisotopic (exact) mass is 650 g/mol. The van der Waals surface area contributed by atoms with E-state index < -0.39 is 0 Å². The Balaban J connectivity index is 1.81. The number of nitriles is 1. The van der Waals surface area contributed by atoms with Crippen LogP contribution >= 0.6 is 68.4 Å². The molecule has 4 nitrogen and oxygen atoms in total. The molecule has 3 aromatic rings. The van der Waals surface area contributed by atoms with Crippen molar-refractivity contribution in [1.82, 2.24) is 0 Å². The predicted octanol–water partition coefficient (Wildman–Crippen LogP) is 7.61. The van der Waals surface area contributed by atoms with Crippen molar-refractivity contribution in [2.75, 3.05) is 0 Å². The maximum absolute atomic E-state index is 9.30. The molecule has 148 valence electrons. The van der Waals surface area contributed by atoms with Crippen molar-refractivity contribution in [1.29, 1.82) is 5.26 Å². The Labute approximate surface area is 206 Å². The molecule has 0 unspecified atom stereocenters. The van der Waals surface area contributed by atoms with Gasteiger partial charge in [0.2, 0.25) is 5.88 Å². The molecule has 0 aliphatic rings. The van der Waals surface area contributed by atoms with Gasteiger partial charge in [-0.2, -0.15) is 5.26 Å². The highest BCUT2D eigenvalue weighted by Gasteiger charge is 2.14. The Kier molecular flexibility index (Phi) is 7.48. The Bertz CT molecular complexity index is 1130. The summed E-state index contributed by atoms with van der Waals surface area (Å²) in [6, 6.07) is 11.4. The van der Waals surface area contributed by atoms with Crippen molar-refractivity contribution in [3.05, 3.63) is 75.5 Å². The van der Waals surface area contributed by atoms with Gasteiger partial charge in [-0.05, 0) is 88.9 Å². The van der Waals surface area contributed by atoms with Crippen LogP contribution in [0.5, 0.6) is 5.75 Å². The van der Waals surface area contributed by atoms with Crippen LogP contribution in [0, 0.1) is 32.3 Å². The summed E-state index contributed by atoms with van der Waals surface area (Å²) in [7, 11) is 0. The molecule has 2 aromatic carbocycles. The van der Waals surface area contributed by atoms with Gasteiger partial charge in [0.1, 0.15) is 29.7 Å². The number of hydrogen-bond donors (Lipinski definition) is 0. The van der Waals surface area contributed by atoms with Gasteiger partial charge in [0.15, 0.2) is 0 Å². The molecule has 0 aliphatic heterocycles. The Hall–Kier alpha value is -1.28. The standard InChI is InChI=1S/C21H14Cl2I2N2O2/c1-11-12(2)29-21(16(11)8-26)27-9-13-5-18(24)20(19(25)6-13)28-10-14-3-4-15(22)7-17(14)23/h3-7,9H,10H2,1-2H3. The lowest BCUT2D eigenvalue weighted by Gasteiger charge is -2.12. The van der Waals surface area contributed by atoms with Crippen molar-refractivity contribution in [2.45, 2.75) is 20.5 Å². The molecule has 0 amide bonds. The Morgan fingerprint density at radius 2 is 1.86 bits per heavy atom. The SMILES string of the molecule is Cc1oc(N=Cc2cc(I)c(OCc3ccc(Cl)cc3Cl)c(I)c2)c(C#N)c1C. The zero-order valence-electron chi connectivity index (χ0n) is 15.4. The van der Waals surface area contributed by atoms with E-state index in [1.54, 1.807) is 18.3 Å². The molecule has 0 radical (unpaired) electrons. The third-order valence-electron chi connectivity index (χ3n) is 4.22. The van der Waals surface area contributed by atoms with Crippen LogP contribution in [0.2, 0.25) is 10.0 Å². The summed E-state index contributed by atoms with van der Waals surface area (Å²) in [6.45, 7) is 4.01. The number of nitrogens with zero attached hydrogens (tertiary/aromatic N) is 2. The van der Waals surface area contributed by atoms with Crippen LogP contribution in [0.4, 0.5) is 5.88 Å². The summed E-state index contributed by atoms with van der Waals surface area (Å²) in [5.41, 5.74) is 3.02. The first-order valence-electron chi connectivity index (χ1n) is 8.40. The summed E-state index contributed by atoms with van der Waals surface area (Å²) < 4.78 is 13.5. The molecule has 0 fully saturated rings. The number of benzene rings is 2. The molecule has 1 heterocycles. The van der Waals surface area contributed by atoms with Gasteiger partial charge < -0.3 is 9.15 Å². The van der Waals surface area contributed by atoms with Gasteiger partial charge in [-0.3, -0.25) is 0 Å². The molecule has 0 saturated carbocycles. The zero-order chi connectivity index (χ0) is 21.1. The average Bonchev–Trinajstić information content (AvgIpc) is 2.94. The van der Waals surface area contributed by atoms with E-state index in [0.717, 1.165) is 29.6 Å². The van der Waals surface area contributed by atoms with E-state index in [4.69, 9.17) is 32.4 Å². The van der Waals surface area contributed by atoms with Gasteiger partial charge in [-0.1, -0.05) is 29.3 Å². The van der Waals surface area contributed by atoms with Gasteiger partial charge in [0.05, 0.1) is 7.14 Å². The number of ether oxygens (including phenoxy) is 1. The summed E-state index contributed by atoms with van der Waals surface area (Å²) in [4.78, 5) is 4.36. The topological polar surface area (TPSA) is 58.5 Å². The maximum Gasteiger partial charge on any atom is 0.237 e. The van der Waals surface area contributed by atoms with Gasteiger partial charge in [-0.25, -0.2) is 4.99 Å². The van der Waals surface area contributed by atoms with Crippen molar-refractivity contribution < 1.29 is 9.15 Å². The van der Waals surface area contributed by atoms with Crippen LogP contribution in [-0.2, 0) is 6.61 Å². The molecular weight excluding hydrogens is 637 g/mol.